The van der Waals surface area contributed by atoms with Crippen LogP contribution in [0.4, 0.5) is 0 Å². The summed E-state index contributed by atoms with van der Waals surface area (Å²) in [5.41, 5.74) is 2.36. The molecule has 1 aliphatic heterocycles. The molecule has 0 N–H and O–H groups in total. The van der Waals surface area contributed by atoms with Crippen LogP contribution >= 0.6 is 0 Å². The first-order chi connectivity index (χ1) is 11.3. The highest BCUT2D eigenvalue weighted by molar-refractivity contribution is 5.05. The highest BCUT2D eigenvalue weighted by Gasteiger charge is 2.22. The van der Waals surface area contributed by atoms with Gasteiger partial charge in [0.15, 0.2) is 0 Å². The lowest BCUT2D eigenvalue weighted by Gasteiger charge is -2.35. The Hall–Kier alpha value is -1.81. The van der Waals surface area contributed by atoms with E-state index in [0.717, 1.165) is 30.9 Å². The van der Waals surface area contributed by atoms with Gasteiger partial charge in [0, 0.05) is 37.1 Å². The second kappa shape index (κ2) is 8.16. The lowest BCUT2D eigenvalue weighted by Crippen LogP contribution is -2.39. The van der Waals surface area contributed by atoms with Crippen LogP contribution in [0.1, 0.15) is 49.8 Å². The van der Waals surface area contributed by atoms with Crippen molar-refractivity contribution in [1.29, 1.82) is 0 Å². The first-order valence-corrected chi connectivity index (χ1v) is 8.80. The lowest BCUT2D eigenvalue weighted by atomic mass is 9.97. The number of likely N-dealkylation sites (tertiary alicyclic amines) is 1. The molecular weight excluding hydrogens is 284 g/mol. The van der Waals surface area contributed by atoms with Gasteiger partial charge in [0.2, 0.25) is 0 Å². The van der Waals surface area contributed by atoms with Gasteiger partial charge in [-0.3, -0.25) is 9.88 Å². The summed E-state index contributed by atoms with van der Waals surface area (Å²) in [5.74, 6) is 0.949. The summed E-state index contributed by atoms with van der Waals surface area (Å²) in [5, 5.41) is 0. The normalized spacial score (nSPS) is 18.9. The number of hydrogen-bond donors (Lipinski definition) is 0. The molecular formula is C19H26N4. The van der Waals surface area contributed by atoms with Crippen molar-refractivity contribution in [2.24, 2.45) is 0 Å². The monoisotopic (exact) mass is 310 g/mol. The number of aromatic nitrogens is 3. The summed E-state index contributed by atoms with van der Waals surface area (Å²) in [6.45, 7) is 4.23. The standard InChI is InChI=1S/C19H26N4/c1-2-19-21-13-11-17(22-19)15-23-14-6-4-8-18(23)10-9-16-7-3-5-12-20-16/h3,5,7,11-13,18H,2,4,6,8-10,14-15H2,1H3/t18-/m1/s1. The lowest BCUT2D eigenvalue weighted by molar-refractivity contribution is 0.130. The second-order valence-electron chi connectivity index (χ2n) is 6.30. The zero-order chi connectivity index (χ0) is 15.9. The topological polar surface area (TPSA) is 41.9 Å². The molecule has 122 valence electrons. The molecule has 0 aromatic carbocycles. The molecule has 1 fully saturated rings. The summed E-state index contributed by atoms with van der Waals surface area (Å²) in [6.07, 6.45) is 10.9. The second-order valence-corrected chi connectivity index (χ2v) is 6.30. The fourth-order valence-corrected chi connectivity index (χ4v) is 3.36. The van der Waals surface area contributed by atoms with E-state index in [4.69, 9.17) is 0 Å². The Morgan fingerprint density at radius 2 is 2.04 bits per heavy atom. The maximum atomic E-state index is 4.67. The molecule has 2 aromatic heterocycles. The van der Waals surface area contributed by atoms with Gasteiger partial charge in [0.25, 0.3) is 0 Å². The van der Waals surface area contributed by atoms with Crippen LogP contribution in [0.2, 0.25) is 0 Å². The van der Waals surface area contributed by atoms with Crippen LogP contribution in [-0.2, 0) is 19.4 Å². The Morgan fingerprint density at radius 3 is 2.87 bits per heavy atom. The highest BCUT2D eigenvalue weighted by atomic mass is 15.2. The van der Waals surface area contributed by atoms with Crippen LogP contribution in [0.5, 0.6) is 0 Å². The molecule has 4 heteroatoms. The van der Waals surface area contributed by atoms with E-state index in [1.54, 1.807) is 0 Å². The minimum absolute atomic E-state index is 0.644. The third kappa shape index (κ3) is 4.58. The molecule has 1 saturated heterocycles. The van der Waals surface area contributed by atoms with Crippen molar-refractivity contribution >= 4 is 0 Å². The van der Waals surface area contributed by atoms with Crippen LogP contribution in [0.25, 0.3) is 0 Å². The zero-order valence-electron chi connectivity index (χ0n) is 14.0. The summed E-state index contributed by atoms with van der Waals surface area (Å²) in [4.78, 5) is 16.0. The fraction of sp³-hybridized carbons (Fsp3) is 0.526. The maximum Gasteiger partial charge on any atom is 0.128 e. The van der Waals surface area contributed by atoms with Gasteiger partial charge in [0.1, 0.15) is 5.82 Å². The Morgan fingerprint density at radius 1 is 1.09 bits per heavy atom. The van der Waals surface area contributed by atoms with E-state index in [2.05, 4.69) is 45.0 Å². The van der Waals surface area contributed by atoms with Gasteiger partial charge in [-0.2, -0.15) is 0 Å². The molecule has 2 aromatic rings. The van der Waals surface area contributed by atoms with Gasteiger partial charge < -0.3 is 0 Å². The molecule has 1 aliphatic rings. The van der Waals surface area contributed by atoms with E-state index >= 15 is 0 Å². The predicted molar refractivity (Wildman–Crippen MR) is 92.0 cm³/mol. The van der Waals surface area contributed by atoms with E-state index in [0.29, 0.717) is 6.04 Å². The smallest absolute Gasteiger partial charge is 0.128 e. The van der Waals surface area contributed by atoms with Crippen molar-refractivity contribution < 1.29 is 0 Å². The molecule has 0 spiro atoms. The van der Waals surface area contributed by atoms with Crippen LogP contribution in [0.15, 0.2) is 36.7 Å². The van der Waals surface area contributed by atoms with Crippen molar-refractivity contribution in [2.45, 2.75) is 58.0 Å². The minimum atomic E-state index is 0.644. The molecule has 0 radical (unpaired) electrons. The Bertz CT molecular complexity index is 599. The van der Waals surface area contributed by atoms with Crippen LogP contribution in [-0.4, -0.2) is 32.4 Å². The Balaban J connectivity index is 1.61. The van der Waals surface area contributed by atoms with Crippen molar-refractivity contribution in [1.82, 2.24) is 19.9 Å². The van der Waals surface area contributed by atoms with E-state index < -0.39 is 0 Å². The summed E-state index contributed by atoms with van der Waals surface area (Å²) in [7, 11) is 0. The first kappa shape index (κ1) is 16.1. The molecule has 1 atom stereocenters. The molecule has 3 heterocycles. The number of rotatable bonds is 6. The third-order valence-corrected chi connectivity index (χ3v) is 4.65. The van der Waals surface area contributed by atoms with Gasteiger partial charge in [-0.1, -0.05) is 19.4 Å². The van der Waals surface area contributed by atoms with Gasteiger partial charge in [-0.25, -0.2) is 9.97 Å². The SMILES string of the molecule is CCc1nccc(CN2CCCC[C@@H]2CCc2ccccn2)n1. The maximum absolute atomic E-state index is 4.67. The van der Waals surface area contributed by atoms with E-state index in [-0.39, 0.29) is 0 Å². The molecule has 0 bridgehead atoms. The van der Waals surface area contributed by atoms with E-state index in [1.807, 2.05) is 18.5 Å². The number of piperidine rings is 1. The van der Waals surface area contributed by atoms with E-state index in [9.17, 15) is 0 Å². The molecule has 4 nitrogen and oxygen atoms in total. The fourth-order valence-electron chi connectivity index (χ4n) is 3.36. The van der Waals surface area contributed by atoms with Crippen molar-refractivity contribution in [2.75, 3.05) is 6.54 Å². The quantitative estimate of drug-likeness (QED) is 0.820. The summed E-state index contributed by atoms with van der Waals surface area (Å²) >= 11 is 0. The average molecular weight is 310 g/mol. The van der Waals surface area contributed by atoms with Gasteiger partial charge in [-0.15, -0.1) is 0 Å². The number of nitrogens with zero attached hydrogens (tertiary/aromatic N) is 4. The van der Waals surface area contributed by atoms with Gasteiger partial charge in [0.05, 0.1) is 5.69 Å². The Kier molecular flexibility index (Phi) is 5.70. The highest BCUT2D eigenvalue weighted by Crippen LogP contribution is 2.22. The van der Waals surface area contributed by atoms with Crippen LogP contribution in [0.3, 0.4) is 0 Å². The first-order valence-electron chi connectivity index (χ1n) is 8.80. The van der Waals surface area contributed by atoms with Crippen LogP contribution < -0.4 is 0 Å². The molecule has 0 aliphatic carbocycles. The number of hydrogen-bond acceptors (Lipinski definition) is 4. The molecule has 0 unspecified atom stereocenters. The van der Waals surface area contributed by atoms with Crippen molar-refractivity contribution in [3.8, 4) is 0 Å². The molecule has 23 heavy (non-hydrogen) atoms. The zero-order valence-corrected chi connectivity index (χ0v) is 14.0. The van der Waals surface area contributed by atoms with Gasteiger partial charge >= 0.3 is 0 Å². The average Bonchev–Trinajstić information content (AvgIpc) is 2.62. The Labute approximate surface area is 139 Å². The number of pyridine rings is 1. The summed E-state index contributed by atoms with van der Waals surface area (Å²) in [6, 6.07) is 8.89. The minimum Gasteiger partial charge on any atom is -0.295 e. The van der Waals surface area contributed by atoms with E-state index in [1.165, 1.54) is 37.9 Å². The molecule has 0 saturated carbocycles. The van der Waals surface area contributed by atoms with Crippen molar-refractivity contribution in [3.63, 3.8) is 0 Å². The molecule has 3 rings (SSSR count). The number of aryl methyl sites for hydroxylation is 2. The largest absolute Gasteiger partial charge is 0.295 e. The summed E-state index contributed by atoms with van der Waals surface area (Å²) < 4.78 is 0. The molecule has 0 amide bonds. The van der Waals surface area contributed by atoms with Crippen molar-refractivity contribution in [3.05, 3.63) is 53.9 Å². The van der Waals surface area contributed by atoms with Gasteiger partial charge in [-0.05, 0) is 50.4 Å². The third-order valence-electron chi connectivity index (χ3n) is 4.65. The predicted octanol–water partition coefficient (Wildman–Crippen LogP) is 3.42. The van der Waals surface area contributed by atoms with Crippen LogP contribution in [0, 0.1) is 0 Å².